The van der Waals surface area contributed by atoms with E-state index >= 15 is 0 Å². The van der Waals surface area contributed by atoms with E-state index < -0.39 is 0 Å². The second kappa shape index (κ2) is 5.63. The van der Waals surface area contributed by atoms with Crippen LogP contribution >= 0.6 is 0 Å². The lowest BCUT2D eigenvalue weighted by molar-refractivity contribution is 0.155. The smallest absolute Gasteiger partial charge is 0.253 e. The normalized spacial score (nSPS) is 17.8. The van der Waals surface area contributed by atoms with Gasteiger partial charge in [0.05, 0.1) is 6.10 Å². The van der Waals surface area contributed by atoms with Crippen LogP contribution in [0, 0.1) is 0 Å². The standard InChI is InChI=1S/C15H18N2O3/c1-2-14-16-17-15(20-14)9-19-11-7-6-10-4-3-5-13(18)12(10)8-11/h6-8,13,18H,2-5,9H2,1H3/t13-/m1/s1. The van der Waals surface area contributed by atoms with Crippen molar-refractivity contribution >= 4 is 0 Å². The van der Waals surface area contributed by atoms with Crippen molar-refractivity contribution in [2.75, 3.05) is 0 Å². The molecule has 2 aromatic rings. The van der Waals surface area contributed by atoms with Crippen molar-refractivity contribution in [3.8, 4) is 5.75 Å². The Kier molecular flexibility index (Phi) is 3.69. The quantitative estimate of drug-likeness (QED) is 0.928. The van der Waals surface area contributed by atoms with E-state index in [0.29, 0.717) is 11.8 Å². The number of rotatable bonds is 4. The molecular formula is C15H18N2O3. The third-order valence-electron chi connectivity index (χ3n) is 3.57. The number of ether oxygens (including phenoxy) is 1. The van der Waals surface area contributed by atoms with E-state index in [1.807, 2.05) is 25.1 Å². The van der Waals surface area contributed by atoms with Crippen LogP contribution in [0.3, 0.4) is 0 Å². The molecule has 0 unspecified atom stereocenters. The predicted octanol–water partition coefficient (Wildman–Crippen LogP) is 2.58. The lowest BCUT2D eigenvalue weighted by atomic mass is 9.89. The minimum Gasteiger partial charge on any atom is -0.484 e. The van der Waals surface area contributed by atoms with Gasteiger partial charge in [0, 0.05) is 6.42 Å². The minimum absolute atomic E-state index is 0.252. The van der Waals surface area contributed by atoms with Crippen molar-refractivity contribution in [1.29, 1.82) is 0 Å². The number of aliphatic hydroxyl groups excluding tert-OH is 1. The first-order valence-corrected chi connectivity index (χ1v) is 7.01. The zero-order chi connectivity index (χ0) is 13.9. The van der Waals surface area contributed by atoms with Crippen molar-refractivity contribution < 1.29 is 14.3 Å². The summed E-state index contributed by atoms with van der Waals surface area (Å²) in [5.74, 6) is 1.81. The number of aryl methyl sites for hydroxylation is 2. The lowest BCUT2D eigenvalue weighted by Gasteiger charge is -2.21. The molecule has 3 rings (SSSR count). The molecule has 0 aliphatic heterocycles. The third-order valence-corrected chi connectivity index (χ3v) is 3.57. The molecule has 5 heteroatoms. The van der Waals surface area contributed by atoms with Crippen molar-refractivity contribution in [1.82, 2.24) is 10.2 Å². The number of benzene rings is 1. The SMILES string of the molecule is CCc1nnc(COc2ccc3c(c2)[C@H](O)CCC3)o1. The molecule has 1 N–H and O–H groups in total. The Morgan fingerprint density at radius 3 is 3.00 bits per heavy atom. The van der Waals surface area contributed by atoms with Gasteiger partial charge in [-0.25, -0.2) is 0 Å². The Morgan fingerprint density at radius 1 is 1.35 bits per heavy atom. The fourth-order valence-corrected chi connectivity index (χ4v) is 2.48. The third kappa shape index (κ3) is 2.67. The van der Waals surface area contributed by atoms with Gasteiger partial charge in [-0.3, -0.25) is 0 Å². The molecule has 0 radical (unpaired) electrons. The van der Waals surface area contributed by atoms with Crippen molar-refractivity contribution in [3.05, 3.63) is 41.1 Å². The number of aromatic nitrogens is 2. The maximum atomic E-state index is 10.0. The molecule has 0 fully saturated rings. The highest BCUT2D eigenvalue weighted by Crippen LogP contribution is 2.32. The minimum atomic E-state index is -0.377. The molecule has 1 aliphatic rings. The van der Waals surface area contributed by atoms with Gasteiger partial charge in [-0.15, -0.1) is 10.2 Å². The van der Waals surface area contributed by atoms with Gasteiger partial charge in [-0.1, -0.05) is 13.0 Å². The second-order valence-corrected chi connectivity index (χ2v) is 5.00. The van der Waals surface area contributed by atoms with Crippen LogP contribution in [0.1, 0.15) is 48.8 Å². The fraction of sp³-hybridized carbons (Fsp3) is 0.467. The average Bonchev–Trinajstić information content (AvgIpc) is 2.94. The summed E-state index contributed by atoms with van der Waals surface area (Å²) in [6.45, 7) is 2.21. The van der Waals surface area contributed by atoms with Crippen LogP contribution in [0.15, 0.2) is 22.6 Å². The van der Waals surface area contributed by atoms with E-state index in [9.17, 15) is 5.11 Å². The topological polar surface area (TPSA) is 68.4 Å². The summed E-state index contributed by atoms with van der Waals surface area (Å²) in [5, 5.41) is 17.8. The van der Waals surface area contributed by atoms with Crippen molar-refractivity contribution in [3.63, 3.8) is 0 Å². The van der Waals surface area contributed by atoms with E-state index in [-0.39, 0.29) is 12.7 Å². The lowest BCUT2D eigenvalue weighted by Crippen LogP contribution is -2.09. The zero-order valence-corrected chi connectivity index (χ0v) is 11.5. The molecule has 20 heavy (non-hydrogen) atoms. The van der Waals surface area contributed by atoms with Gasteiger partial charge in [-0.05, 0) is 42.5 Å². The van der Waals surface area contributed by atoms with Crippen molar-refractivity contribution in [2.45, 2.75) is 45.3 Å². The first-order chi connectivity index (χ1) is 9.76. The molecule has 1 atom stereocenters. The predicted molar refractivity (Wildman–Crippen MR) is 72.3 cm³/mol. The van der Waals surface area contributed by atoms with Gasteiger partial charge in [-0.2, -0.15) is 0 Å². The summed E-state index contributed by atoms with van der Waals surface area (Å²) in [6.07, 6.45) is 3.22. The van der Waals surface area contributed by atoms with E-state index in [1.165, 1.54) is 5.56 Å². The molecule has 0 bridgehead atoms. The van der Waals surface area contributed by atoms with Crippen LogP contribution in [0.4, 0.5) is 0 Å². The summed E-state index contributed by atoms with van der Waals surface area (Å²) >= 11 is 0. The zero-order valence-electron chi connectivity index (χ0n) is 11.5. The van der Waals surface area contributed by atoms with Gasteiger partial charge in [0.25, 0.3) is 5.89 Å². The number of fused-ring (bicyclic) bond motifs is 1. The maximum Gasteiger partial charge on any atom is 0.253 e. The fourth-order valence-electron chi connectivity index (χ4n) is 2.48. The van der Waals surface area contributed by atoms with Crippen LogP contribution in [0.5, 0.6) is 5.75 Å². The number of hydrogen-bond donors (Lipinski definition) is 1. The molecule has 106 valence electrons. The summed E-state index contributed by atoms with van der Waals surface area (Å²) in [6, 6.07) is 5.86. The monoisotopic (exact) mass is 274 g/mol. The van der Waals surface area contributed by atoms with Crippen LogP contribution in [-0.4, -0.2) is 15.3 Å². The average molecular weight is 274 g/mol. The highest BCUT2D eigenvalue weighted by molar-refractivity contribution is 5.38. The molecule has 1 aromatic heterocycles. The van der Waals surface area contributed by atoms with E-state index in [2.05, 4.69) is 10.2 Å². The first kappa shape index (κ1) is 13.1. The van der Waals surface area contributed by atoms with Gasteiger partial charge >= 0.3 is 0 Å². The summed E-state index contributed by atoms with van der Waals surface area (Å²) in [5.41, 5.74) is 2.19. The molecule has 0 saturated heterocycles. The van der Waals surface area contributed by atoms with Crippen LogP contribution < -0.4 is 4.74 Å². The number of hydrogen-bond acceptors (Lipinski definition) is 5. The Hall–Kier alpha value is -1.88. The summed E-state index contributed by atoms with van der Waals surface area (Å²) in [4.78, 5) is 0. The van der Waals surface area contributed by atoms with Gasteiger partial charge in [0.15, 0.2) is 6.61 Å². The highest BCUT2D eigenvalue weighted by atomic mass is 16.5. The van der Waals surface area contributed by atoms with Crippen LogP contribution in [-0.2, 0) is 19.4 Å². The first-order valence-electron chi connectivity index (χ1n) is 7.01. The van der Waals surface area contributed by atoms with Crippen molar-refractivity contribution in [2.24, 2.45) is 0 Å². The van der Waals surface area contributed by atoms with Gasteiger partial charge < -0.3 is 14.3 Å². The molecule has 1 aliphatic carbocycles. The summed E-state index contributed by atoms with van der Waals surface area (Å²) in [7, 11) is 0. The van der Waals surface area contributed by atoms with E-state index in [0.717, 1.165) is 37.0 Å². The van der Waals surface area contributed by atoms with E-state index in [1.54, 1.807) is 0 Å². The highest BCUT2D eigenvalue weighted by Gasteiger charge is 2.18. The van der Waals surface area contributed by atoms with E-state index in [4.69, 9.17) is 9.15 Å². The Balaban J connectivity index is 1.70. The Labute approximate surface area is 117 Å². The summed E-state index contributed by atoms with van der Waals surface area (Å²) < 4.78 is 11.0. The van der Waals surface area contributed by atoms with Crippen LogP contribution in [0.2, 0.25) is 0 Å². The molecule has 1 heterocycles. The van der Waals surface area contributed by atoms with Crippen LogP contribution in [0.25, 0.3) is 0 Å². The Bertz CT molecular complexity index is 595. The largest absolute Gasteiger partial charge is 0.484 e. The molecular weight excluding hydrogens is 256 g/mol. The Morgan fingerprint density at radius 2 is 2.20 bits per heavy atom. The number of nitrogens with zero attached hydrogens (tertiary/aromatic N) is 2. The molecule has 0 spiro atoms. The molecule has 1 aromatic carbocycles. The van der Waals surface area contributed by atoms with Gasteiger partial charge in [0.1, 0.15) is 5.75 Å². The van der Waals surface area contributed by atoms with Gasteiger partial charge in [0.2, 0.25) is 5.89 Å². The number of aliphatic hydroxyl groups is 1. The molecule has 0 saturated carbocycles. The molecule has 5 nitrogen and oxygen atoms in total. The second-order valence-electron chi connectivity index (χ2n) is 5.00. The molecule has 0 amide bonds. The maximum absolute atomic E-state index is 10.0.